The lowest BCUT2D eigenvalue weighted by atomic mass is 10.1. The molecule has 1 rings (SSSR count). The van der Waals surface area contributed by atoms with Crippen molar-refractivity contribution in [2.24, 2.45) is 0 Å². The van der Waals surface area contributed by atoms with Crippen LogP contribution in [0.4, 0.5) is 14.5 Å². The van der Waals surface area contributed by atoms with Gasteiger partial charge in [0.05, 0.1) is 17.5 Å². The number of nitrogens with one attached hydrogen (secondary N) is 1. The first-order chi connectivity index (χ1) is 9.77. The fourth-order valence-electron chi connectivity index (χ4n) is 1.43. The lowest BCUT2D eigenvalue weighted by Crippen LogP contribution is -2.38. The maximum Gasteiger partial charge on any atom is 0.285 e. The number of nitrogens with zero attached hydrogens (tertiary/aromatic N) is 2. The van der Waals surface area contributed by atoms with Gasteiger partial charge in [0.25, 0.3) is 11.6 Å². The van der Waals surface area contributed by atoms with E-state index in [1.165, 1.54) is 11.9 Å². The van der Waals surface area contributed by atoms with Gasteiger partial charge in [-0.05, 0) is 13.0 Å². The second-order valence-electron chi connectivity index (χ2n) is 4.13. The summed E-state index contributed by atoms with van der Waals surface area (Å²) in [5, 5.41) is 12.9. The molecule has 0 atom stereocenters. The topological polar surface area (TPSA) is 92.6 Å². The van der Waals surface area contributed by atoms with Crippen molar-refractivity contribution in [3.63, 3.8) is 0 Å². The molecule has 2 amide bonds. The Morgan fingerprint density at radius 3 is 2.43 bits per heavy atom. The molecule has 9 heteroatoms. The van der Waals surface area contributed by atoms with Gasteiger partial charge >= 0.3 is 0 Å². The number of rotatable bonds is 5. The molecule has 0 aliphatic heterocycles. The fraction of sp³-hybridized carbons (Fsp3) is 0.333. The van der Waals surface area contributed by atoms with E-state index in [1.807, 2.05) is 0 Å². The number of hydrogen-bond donors (Lipinski definition) is 1. The van der Waals surface area contributed by atoms with Gasteiger partial charge in [-0.25, -0.2) is 8.78 Å². The Morgan fingerprint density at radius 1 is 1.33 bits per heavy atom. The molecule has 0 radical (unpaired) electrons. The molecule has 1 N–H and O–H groups in total. The van der Waals surface area contributed by atoms with Gasteiger partial charge in [0, 0.05) is 13.6 Å². The van der Waals surface area contributed by atoms with E-state index in [9.17, 15) is 28.5 Å². The number of amides is 2. The molecule has 7 nitrogen and oxygen atoms in total. The Hall–Kier alpha value is -2.58. The van der Waals surface area contributed by atoms with Crippen LogP contribution in [0, 0.1) is 21.7 Å². The number of nitro benzene ring substituents is 1. The van der Waals surface area contributed by atoms with Crippen molar-refractivity contribution in [1.82, 2.24) is 10.2 Å². The molecule has 0 unspecified atom stereocenters. The third-order valence-corrected chi connectivity index (χ3v) is 2.78. The maximum atomic E-state index is 13.1. The van der Waals surface area contributed by atoms with Crippen molar-refractivity contribution in [3.05, 3.63) is 39.4 Å². The summed E-state index contributed by atoms with van der Waals surface area (Å²) in [6.45, 7) is 1.74. The van der Waals surface area contributed by atoms with Gasteiger partial charge in [-0.3, -0.25) is 19.7 Å². The SMILES string of the molecule is CCN(C)C(=O)CNC(=O)c1cc(F)c(F)cc1[N+](=O)[O-]. The van der Waals surface area contributed by atoms with Crippen molar-refractivity contribution >= 4 is 17.5 Å². The molecule has 0 aliphatic rings. The summed E-state index contributed by atoms with van der Waals surface area (Å²) in [6, 6.07) is 0.751. The number of carbonyl (C=O) groups excluding carboxylic acids is 2. The van der Waals surface area contributed by atoms with Crippen LogP contribution < -0.4 is 5.32 Å². The van der Waals surface area contributed by atoms with E-state index in [0.29, 0.717) is 18.7 Å². The lowest BCUT2D eigenvalue weighted by Gasteiger charge is -2.14. The highest BCUT2D eigenvalue weighted by Gasteiger charge is 2.24. The highest BCUT2D eigenvalue weighted by atomic mass is 19.2. The number of carbonyl (C=O) groups is 2. The molecular weight excluding hydrogens is 288 g/mol. The van der Waals surface area contributed by atoms with Crippen LogP contribution in [0.15, 0.2) is 12.1 Å². The number of benzene rings is 1. The quantitative estimate of drug-likeness (QED) is 0.650. The zero-order chi connectivity index (χ0) is 16.2. The summed E-state index contributed by atoms with van der Waals surface area (Å²) in [7, 11) is 1.51. The van der Waals surface area contributed by atoms with Crippen LogP contribution in [0.5, 0.6) is 0 Å². The average Bonchev–Trinajstić information content (AvgIpc) is 2.45. The summed E-state index contributed by atoms with van der Waals surface area (Å²) in [4.78, 5) is 34.3. The lowest BCUT2D eigenvalue weighted by molar-refractivity contribution is -0.385. The van der Waals surface area contributed by atoms with E-state index in [4.69, 9.17) is 0 Å². The standard InChI is InChI=1S/C12H13F2N3O4/c1-3-16(2)11(18)6-15-12(19)7-4-8(13)9(14)5-10(7)17(20)21/h4-5H,3,6H2,1-2H3,(H,15,19). The van der Waals surface area contributed by atoms with Crippen molar-refractivity contribution in [2.75, 3.05) is 20.1 Å². The summed E-state index contributed by atoms with van der Waals surface area (Å²) in [5.74, 6) is -4.27. The van der Waals surface area contributed by atoms with Crippen LogP contribution >= 0.6 is 0 Å². The highest BCUT2D eigenvalue weighted by Crippen LogP contribution is 2.22. The smallest absolute Gasteiger partial charge is 0.285 e. The zero-order valence-corrected chi connectivity index (χ0v) is 11.4. The summed E-state index contributed by atoms with van der Waals surface area (Å²) < 4.78 is 26.1. The zero-order valence-electron chi connectivity index (χ0n) is 11.4. The first-order valence-electron chi connectivity index (χ1n) is 5.93. The molecular formula is C12H13F2N3O4. The molecule has 21 heavy (non-hydrogen) atoms. The average molecular weight is 301 g/mol. The Morgan fingerprint density at radius 2 is 1.90 bits per heavy atom. The number of halogens is 2. The Labute approximate surface area is 118 Å². The van der Waals surface area contributed by atoms with Gasteiger partial charge in [-0.15, -0.1) is 0 Å². The minimum Gasteiger partial charge on any atom is -0.345 e. The minimum absolute atomic E-state index is 0.324. The first-order valence-corrected chi connectivity index (χ1v) is 5.93. The summed E-state index contributed by atoms with van der Waals surface area (Å²) >= 11 is 0. The molecule has 0 saturated heterocycles. The molecule has 0 bridgehead atoms. The molecule has 0 heterocycles. The van der Waals surface area contributed by atoms with E-state index in [-0.39, 0.29) is 0 Å². The largest absolute Gasteiger partial charge is 0.345 e. The first kappa shape index (κ1) is 16.5. The molecule has 0 aromatic heterocycles. The normalized spacial score (nSPS) is 10.1. The highest BCUT2D eigenvalue weighted by molar-refractivity contribution is 5.99. The van der Waals surface area contributed by atoms with E-state index < -0.39 is 46.2 Å². The Bertz CT molecular complexity index is 592. The summed E-state index contributed by atoms with van der Waals surface area (Å²) in [5.41, 5.74) is -1.52. The maximum absolute atomic E-state index is 13.1. The predicted molar refractivity (Wildman–Crippen MR) is 68.7 cm³/mol. The monoisotopic (exact) mass is 301 g/mol. The second-order valence-corrected chi connectivity index (χ2v) is 4.13. The molecule has 1 aromatic carbocycles. The third kappa shape index (κ3) is 3.94. The molecule has 114 valence electrons. The van der Waals surface area contributed by atoms with Crippen LogP contribution in [0.1, 0.15) is 17.3 Å². The van der Waals surface area contributed by atoms with Crippen molar-refractivity contribution < 1.29 is 23.3 Å². The van der Waals surface area contributed by atoms with Crippen LogP contribution in [0.25, 0.3) is 0 Å². The molecule has 0 spiro atoms. The number of nitro groups is 1. The van der Waals surface area contributed by atoms with Crippen LogP contribution in [0.3, 0.4) is 0 Å². The molecule has 0 aliphatic carbocycles. The minimum atomic E-state index is -1.43. The van der Waals surface area contributed by atoms with Gasteiger partial charge in [0.1, 0.15) is 5.56 Å². The van der Waals surface area contributed by atoms with E-state index in [2.05, 4.69) is 5.32 Å². The van der Waals surface area contributed by atoms with E-state index in [1.54, 1.807) is 6.92 Å². The molecule has 1 aromatic rings. The van der Waals surface area contributed by atoms with Crippen molar-refractivity contribution in [3.8, 4) is 0 Å². The van der Waals surface area contributed by atoms with Crippen LogP contribution in [0.2, 0.25) is 0 Å². The van der Waals surface area contributed by atoms with Gasteiger partial charge in [-0.1, -0.05) is 0 Å². The van der Waals surface area contributed by atoms with Crippen molar-refractivity contribution in [1.29, 1.82) is 0 Å². The van der Waals surface area contributed by atoms with E-state index >= 15 is 0 Å². The second kappa shape index (κ2) is 6.73. The van der Waals surface area contributed by atoms with Gasteiger partial charge in [-0.2, -0.15) is 0 Å². The van der Waals surface area contributed by atoms with Gasteiger partial charge in [0.15, 0.2) is 11.6 Å². The molecule has 0 fully saturated rings. The summed E-state index contributed by atoms with van der Waals surface area (Å²) in [6.07, 6.45) is 0. The Kier molecular flexibility index (Phi) is 5.28. The number of likely N-dealkylation sites (N-methyl/N-ethyl adjacent to an activating group) is 1. The fourth-order valence-corrected chi connectivity index (χ4v) is 1.43. The third-order valence-electron chi connectivity index (χ3n) is 2.78. The Balaban J connectivity index is 2.95. The van der Waals surface area contributed by atoms with Gasteiger partial charge < -0.3 is 10.2 Å². The number of hydrogen-bond acceptors (Lipinski definition) is 4. The van der Waals surface area contributed by atoms with Crippen LogP contribution in [-0.2, 0) is 4.79 Å². The van der Waals surface area contributed by atoms with Gasteiger partial charge in [0.2, 0.25) is 5.91 Å². The van der Waals surface area contributed by atoms with Crippen LogP contribution in [-0.4, -0.2) is 41.8 Å². The predicted octanol–water partition coefficient (Wildman–Crippen LogP) is 1.08. The van der Waals surface area contributed by atoms with Crippen molar-refractivity contribution in [2.45, 2.75) is 6.92 Å². The van der Waals surface area contributed by atoms with E-state index in [0.717, 1.165) is 0 Å². The molecule has 0 saturated carbocycles.